The van der Waals surface area contributed by atoms with E-state index in [0.717, 1.165) is 12.4 Å². The number of aliphatic hydroxyl groups excluding tert-OH is 2. The Bertz CT molecular complexity index is 459. The van der Waals surface area contributed by atoms with Crippen molar-refractivity contribution in [2.24, 2.45) is 5.11 Å². The first-order valence-electron chi connectivity index (χ1n) is 4.76. The summed E-state index contributed by atoms with van der Waals surface area (Å²) in [4.78, 5) is 5.81. The monoisotopic (exact) mass is 262 g/mol. The fourth-order valence-electron chi connectivity index (χ4n) is 1.33. The van der Waals surface area contributed by atoms with Crippen LogP contribution in [0.15, 0.2) is 23.6 Å². The lowest BCUT2D eigenvalue weighted by atomic mass is 10.0. The Morgan fingerprint density at radius 2 is 2.11 bits per heavy atom. The summed E-state index contributed by atoms with van der Waals surface area (Å²) < 4.78 is 37.9. The molecule has 0 aliphatic carbocycles. The lowest BCUT2D eigenvalue weighted by Gasteiger charge is -2.20. The molecule has 2 N–H and O–H groups in total. The Morgan fingerprint density at radius 3 is 2.67 bits per heavy atom. The largest absolute Gasteiger partial charge is 0.416 e. The Labute approximate surface area is 99.3 Å². The maximum absolute atomic E-state index is 12.6. The Kier molecular flexibility index (Phi) is 4.49. The van der Waals surface area contributed by atoms with Crippen molar-refractivity contribution in [3.8, 4) is 0 Å². The number of halogens is 3. The van der Waals surface area contributed by atoms with Gasteiger partial charge in [-0.1, -0.05) is 5.11 Å². The van der Waals surface area contributed by atoms with Crippen LogP contribution in [0.3, 0.4) is 0 Å². The summed E-state index contributed by atoms with van der Waals surface area (Å²) in [6, 6.07) is 0.693. The van der Waals surface area contributed by atoms with E-state index in [0.29, 0.717) is 6.07 Å². The zero-order valence-corrected chi connectivity index (χ0v) is 8.91. The van der Waals surface area contributed by atoms with Crippen LogP contribution in [0.1, 0.15) is 17.2 Å². The molecular weight excluding hydrogens is 253 g/mol. The molecule has 9 heteroatoms. The summed E-state index contributed by atoms with van der Waals surface area (Å²) in [6.07, 6.45) is -6.39. The first-order chi connectivity index (χ1) is 8.38. The van der Waals surface area contributed by atoms with E-state index in [9.17, 15) is 23.4 Å². The van der Waals surface area contributed by atoms with Crippen LogP contribution in [-0.4, -0.2) is 27.8 Å². The van der Waals surface area contributed by atoms with Crippen LogP contribution in [0.2, 0.25) is 0 Å². The molecule has 2 unspecified atom stereocenters. The van der Waals surface area contributed by atoms with Crippen molar-refractivity contribution >= 4 is 0 Å². The molecule has 1 aromatic heterocycles. The highest BCUT2D eigenvalue weighted by molar-refractivity contribution is 5.29. The number of azide groups is 1. The first kappa shape index (κ1) is 14.2. The van der Waals surface area contributed by atoms with Crippen molar-refractivity contribution in [3.05, 3.63) is 40.0 Å². The highest BCUT2D eigenvalue weighted by atomic mass is 19.4. The molecule has 0 bridgehead atoms. The molecule has 1 heterocycles. The number of hydrogen-bond acceptors (Lipinski definition) is 4. The van der Waals surface area contributed by atoms with Crippen molar-refractivity contribution in [1.82, 2.24) is 4.98 Å². The van der Waals surface area contributed by atoms with E-state index < -0.39 is 36.1 Å². The van der Waals surface area contributed by atoms with Gasteiger partial charge >= 0.3 is 6.18 Å². The van der Waals surface area contributed by atoms with E-state index in [-0.39, 0.29) is 0 Å². The zero-order valence-electron chi connectivity index (χ0n) is 8.91. The molecule has 0 saturated carbocycles. The van der Waals surface area contributed by atoms with Gasteiger partial charge in [0.2, 0.25) is 0 Å². The molecule has 0 saturated heterocycles. The molecule has 1 rings (SSSR count). The van der Waals surface area contributed by atoms with Crippen molar-refractivity contribution in [3.63, 3.8) is 0 Å². The van der Waals surface area contributed by atoms with Gasteiger partial charge in [0.25, 0.3) is 0 Å². The minimum absolute atomic E-state index is 0.538. The van der Waals surface area contributed by atoms with Crippen LogP contribution < -0.4 is 0 Å². The highest BCUT2D eigenvalue weighted by Crippen LogP contribution is 2.34. The zero-order chi connectivity index (χ0) is 13.8. The van der Waals surface area contributed by atoms with Gasteiger partial charge in [-0.3, -0.25) is 4.98 Å². The number of alkyl halides is 3. The van der Waals surface area contributed by atoms with Gasteiger partial charge in [0, 0.05) is 22.9 Å². The molecule has 0 fully saturated rings. The lowest BCUT2D eigenvalue weighted by Crippen LogP contribution is -2.24. The molecule has 1 aromatic rings. The number of aromatic nitrogens is 1. The van der Waals surface area contributed by atoms with Gasteiger partial charge in [-0.15, -0.1) is 0 Å². The van der Waals surface area contributed by atoms with Gasteiger partial charge in [0.05, 0.1) is 18.2 Å². The molecule has 0 radical (unpaired) electrons. The van der Waals surface area contributed by atoms with E-state index >= 15 is 0 Å². The van der Waals surface area contributed by atoms with Crippen molar-refractivity contribution in [2.45, 2.75) is 18.4 Å². The van der Waals surface area contributed by atoms with Crippen LogP contribution in [-0.2, 0) is 6.18 Å². The van der Waals surface area contributed by atoms with E-state index in [4.69, 9.17) is 5.53 Å². The third-order valence-electron chi connectivity index (χ3n) is 2.17. The number of pyridine rings is 1. The summed E-state index contributed by atoms with van der Waals surface area (Å²) in [5.41, 5.74) is 6.37. The molecule has 18 heavy (non-hydrogen) atoms. The van der Waals surface area contributed by atoms with Crippen molar-refractivity contribution < 1.29 is 23.4 Å². The smallest absolute Gasteiger partial charge is 0.390 e. The predicted octanol–water partition coefficient (Wildman–Crippen LogP) is 1.80. The minimum Gasteiger partial charge on any atom is -0.390 e. The molecule has 98 valence electrons. The normalized spacial score (nSPS) is 14.7. The quantitative estimate of drug-likeness (QED) is 0.491. The fraction of sp³-hybridized carbons (Fsp3) is 0.444. The standard InChI is InChI=1S/C9H9F3N4O2/c10-9(11,12)6-1-2-14-3-5(6)8(18)7(17)4-15-16-13/h1-3,7-8,17-18H,4H2. The van der Waals surface area contributed by atoms with Crippen LogP contribution in [0.4, 0.5) is 13.2 Å². The molecule has 0 spiro atoms. The number of hydrogen-bond donors (Lipinski definition) is 2. The number of rotatable bonds is 4. The first-order valence-corrected chi connectivity index (χ1v) is 4.76. The third kappa shape index (κ3) is 3.33. The van der Waals surface area contributed by atoms with E-state index in [2.05, 4.69) is 15.0 Å². The van der Waals surface area contributed by atoms with Gasteiger partial charge in [0.1, 0.15) is 6.10 Å². The summed E-state index contributed by atoms with van der Waals surface area (Å²) in [5.74, 6) is 0. The average molecular weight is 262 g/mol. The molecule has 6 nitrogen and oxygen atoms in total. The predicted molar refractivity (Wildman–Crippen MR) is 54.2 cm³/mol. The molecular formula is C9H9F3N4O2. The maximum Gasteiger partial charge on any atom is 0.416 e. The Balaban J connectivity index is 3.05. The maximum atomic E-state index is 12.6. The van der Waals surface area contributed by atoms with Crippen molar-refractivity contribution in [2.75, 3.05) is 6.54 Å². The van der Waals surface area contributed by atoms with E-state index in [1.165, 1.54) is 0 Å². The van der Waals surface area contributed by atoms with E-state index in [1.807, 2.05) is 0 Å². The second-order valence-electron chi connectivity index (χ2n) is 3.39. The lowest BCUT2D eigenvalue weighted by molar-refractivity contribution is -0.140. The van der Waals surface area contributed by atoms with Gasteiger partial charge in [-0.2, -0.15) is 13.2 Å². The summed E-state index contributed by atoms with van der Waals surface area (Å²) in [6.45, 7) is -0.538. The van der Waals surface area contributed by atoms with E-state index in [1.54, 1.807) is 0 Å². The van der Waals surface area contributed by atoms with Gasteiger partial charge in [-0.25, -0.2) is 0 Å². The summed E-state index contributed by atoms with van der Waals surface area (Å²) in [7, 11) is 0. The Morgan fingerprint density at radius 1 is 1.44 bits per heavy atom. The SMILES string of the molecule is [N-]=[N+]=NCC(O)C(O)c1cnccc1C(F)(F)F. The van der Waals surface area contributed by atoms with Crippen molar-refractivity contribution in [1.29, 1.82) is 0 Å². The van der Waals surface area contributed by atoms with Crippen LogP contribution >= 0.6 is 0 Å². The highest BCUT2D eigenvalue weighted by Gasteiger charge is 2.36. The third-order valence-corrected chi connectivity index (χ3v) is 2.17. The van der Waals surface area contributed by atoms with Gasteiger partial charge in [0.15, 0.2) is 0 Å². The average Bonchev–Trinajstić information content (AvgIpc) is 2.34. The molecule has 2 atom stereocenters. The summed E-state index contributed by atoms with van der Waals surface area (Å²) in [5, 5.41) is 21.9. The topological polar surface area (TPSA) is 102 Å². The second kappa shape index (κ2) is 5.67. The van der Waals surface area contributed by atoms with Crippen LogP contribution in [0, 0.1) is 0 Å². The number of aliphatic hydroxyl groups is 2. The van der Waals surface area contributed by atoms with Crippen LogP contribution in [0.5, 0.6) is 0 Å². The Hall–Kier alpha value is -1.83. The molecule has 0 amide bonds. The molecule has 0 aliphatic rings. The number of nitrogens with zero attached hydrogens (tertiary/aromatic N) is 4. The minimum atomic E-state index is -4.67. The van der Waals surface area contributed by atoms with Gasteiger partial charge in [-0.05, 0) is 11.6 Å². The molecule has 0 aromatic carbocycles. The van der Waals surface area contributed by atoms with Gasteiger partial charge < -0.3 is 10.2 Å². The molecule has 0 aliphatic heterocycles. The van der Waals surface area contributed by atoms with Crippen LogP contribution in [0.25, 0.3) is 10.4 Å². The summed E-state index contributed by atoms with van der Waals surface area (Å²) >= 11 is 0. The second-order valence-corrected chi connectivity index (χ2v) is 3.39. The fourth-order valence-corrected chi connectivity index (χ4v) is 1.33.